The van der Waals surface area contributed by atoms with Gasteiger partial charge in [0.1, 0.15) is 5.75 Å². The van der Waals surface area contributed by atoms with Gasteiger partial charge in [-0.2, -0.15) is 0 Å². The first-order valence-electron chi connectivity index (χ1n) is 7.06. The molecule has 6 nitrogen and oxygen atoms in total. The fraction of sp³-hybridized carbons (Fsp3) is 0.467. The van der Waals surface area contributed by atoms with Crippen LogP contribution >= 0.6 is 0 Å². The molecule has 1 aliphatic rings. The van der Waals surface area contributed by atoms with Crippen LogP contribution in [-0.4, -0.2) is 54.9 Å². The molecule has 0 aromatic heterocycles. The number of hydrogen-bond acceptors (Lipinski definition) is 4. The number of likely N-dealkylation sites (tertiary alicyclic amines) is 1. The number of anilines is 1. The normalized spacial score (nSPS) is 14.0. The summed E-state index contributed by atoms with van der Waals surface area (Å²) in [6, 6.07) is 6.83. The van der Waals surface area contributed by atoms with Crippen LogP contribution in [-0.2, 0) is 9.59 Å². The Morgan fingerprint density at radius 2 is 1.86 bits per heavy atom. The minimum Gasteiger partial charge on any atom is -0.484 e. The summed E-state index contributed by atoms with van der Waals surface area (Å²) >= 11 is 0. The molecule has 1 fully saturated rings. The van der Waals surface area contributed by atoms with Crippen LogP contribution in [0.25, 0.3) is 0 Å². The summed E-state index contributed by atoms with van der Waals surface area (Å²) in [6.45, 7) is 1.60. The first-order chi connectivity index (χ1) is 10.1. The number of rotatable bonds is 5. The largest absolute Gasteiger partial charge is 0.484 e. The van der Waals surface area contributed by atoms with Gasteiger partial charge in [0.05, 0.1) is 6.54 Å². The lowest BCUT2D eigenvalue weighted by atomic mass is 10.3. The Morgan fingerprint density at radius 3 is 2.48 bits per heavy atom. The van der Waals surface area contributed by atoms with E-state index in [-0.39, 0.29) is 25.0 Å². The van der Waals surface area contributed by atoms with Crippen LogP contribution in [0.1, 0.15) is 12.8 Å². The first kappa shape index (κ1) is 15.2. The van der Waals surface area contributed by atoms with Gasteiger partial charge in [0.15, 0.2) is 6.61 Å². The number of carbonyl (C=O) groups is 2. The fourth-order valence-corrected chi connectivity index (χ4v) is 2.18. The van der Waals surface area contributed by atoms with E-state index < -0.39 is 0 Å². The van der Waals surface area contributed by atoms with Gasteiger partial charge < -0.3 is 20.3 Å². The van der Waals surface area contributed by atoms with Crippen molar-refractivity contribution in [2.45, 2.75) is 12.8 Å². The summed E-state index contributed by atoms with van der Waals surface area (Å²) in [7, 11) is 1.61. The number of ether oxygens (including phenoxy) is 1. The van der Waals surface area contributed by atoms with Crippen LogP contribution in [0.4, 0.5) is 5.69 Å². The third-order valence-electron chi connectivity index (χ3n) is 3.50. The fourth-order valence-electron chi connectivity index (χ4n) is 2.18. The molecule has 21 heavy (non-hydrogen) atoms. The lowest BCUT2D eigenvalue weighted by molar-refractivity contribution is -0.139. The number of amides is 2. The van der Waals surface area contributed by atoms with Crippen LogP contribution in [0, 0.1) is 0 Å². The highest BCUT2D eigenvalue weighted by Gasteiger charge is 2.21. The van der Waals surface area contributed by atoms with E-state index in [1.165, 1.54) is 4.90 Å². The molecule has 1 aromatic rings. The molecule has 1 heterocycles. The molecule has 0 aliphatic carbocycles. The van der Waals surface area contributed by atoms with E-state index in [9.17, 15) is 9.59 Å². The Balaban J connectivity index is 1.76. The van der Waals surface area contributed by atoms with Crippen molar-refractivity contribution < 1.29 is 14.3 Å². The molecule has 0 atom stereocenters. The average molecular weight is 291 g/mol. The second-order valence-electron chi connectivity index (χ2n) is 5.20. The second kappa shape index (κ2) is 6.97. The summed E-state index contributed by atoms with van der Waals surface area (Å²) in [5.41, 5.74) is 6.21. The summed E-state index contributed by atoms with van der Waals surface area (Å²) in [5.74, 6) is 0.354. The number of likely N-dealkylation sites (N-methyl/N-ethyl adjacent to an activating group) is 1. The third-order valence-corrected chi connectivity index (χ3v) is 3.50. The molecular formula is C15H21N3O3. The second-order valence-corrected chi connectivity index (χ2v) is 5.20. The highest BCUT2D eigenvalue weighted by Crippen LogP contribution is 2.13. The lowest BCUT2D eigenvalue weighted by Gasteiger charge is -2.21. The topological polar surface area (TPSA) is 75.9 Å². The smallest absolute Gasteiger partial charge is 0.260 e. The predicted molar refractivity (Wildman–Crippen MR) is 79.8 cm³/mol. The quantitative estimate of drug-likeness (QED) is 0.811. The van der Waals surface area contributed by atoms with Gasteiger partial charge in [0, 0.05) is 25.8 Å². The molecule has 1 aromatic carbocycles. The Hall–Kier alpha value is -2.24. The molecule has 1 saturated heterocycles. The van der Waals surface area contributed by atoms with E-state index in [1.807, 2.05) is 0 Å². The van der Waals surface area contributed by atoms with E-state index >= 15 is 0 Å². The van der Waals surface area contributed by atoms with Gasteiger partial charge in [-0.3, -0.25) is 9.59 Å². The van der Waals surface area contributed by atoms with Gasteiger partial charge >= 0.3 is 0 Å². The van der Waals surface area contributed by atoms with Gasteiger partial charge in [-0.05, 0) is 37.1 Å². The lowest BCUT2D eigenvalue weighted by Crippen LogP contribution is -2.41. The molecular weight excluding hydrogens is 270 g/mol. The third kappa shape index (κ3) is 4.37. The molecule has 114 valence electrons. The van der Waals surface area contributed by atoms with Crippen molar-refractivity contribution in [3.05, 3.63) is 24.3 Å². The molecule has 2 N–H and O–H groups in total. The number of nitrogen functional groups attached to an aromatic ring is 1. The van der Waals surface area contributed by atoms with E-state index in [1.54, 1.807) is 36.2 Å². The predicted octanol–water partition coefficient (Wildman–Crippen LogP) is 0.728. The maximum atomic E-state index is 11.9. The van der Waals surface area contributed by atoms with Gasteiger partial charge in [0.2, 0.25) is 5.91 Å². The molecule has 6 heteroatoms. The molecule has 2 amide bonds. The maximum absolute atomic E-state index is 11.9. The minimum atomic E-state index is -0.223. The van der Waals surface area contributed by atoms with Crippen molar-refractivity contribution in [3.63, 3.8) is 0 Å². The van der Waals surface area contributed by atoms with Crippen molar-refractivity contribution in [1.29, 1.82) is 0 Å². The SMILES string of the molecule is CN(CC(=O)N1CCCC1)C(=O)COc1ccc(N)cc1. The monoisotopic (exact) mass is 291 g/mol. The maximum Gasteiger partial charge on any atom is 0.260 e. The molecule has 1 aliphatic heterocycles. The van der Waals surface area contributed by atoms with Crippen LogP contribution in [0.15, 0.2) is 24.3 Å². The highest BCUT2D eigenvalue weighted by atomic mass is 16.5. The number of carbonyl (C=O) groups excluding carboxylic acids is 2. The standard InChI is InChI=1S/C15H21N3O3/c1-17(10-14(19)18-8-2-3-9-18)15(20)11-21-13-6-4-12(16)5-7-13/h4-7H,2-3,8-11,16H2,1H3. The number of benzene rings is 1. The Morgan fingerprint density at radius 1 is 1.24 bits per heavy atom. The van der Waals surface area contributed by atoms with Gasteiger partial charge in [-0.15, -0.1) is 0 Å². The van der Waals surface area contributed by atoms with Gasteiger partial charge in [0.25, 0.3) is 5.91 Å². The zero-order valence-electron chi connectivity index (χ0n) is 12.2. The van der Waals surface area contributed by atoms with Crippen LogP contribution in [0.3, 0.4) is 0 Å². The summed E-state index contributed by atoms with van der Waals surface area (Å²) in [4.78, 5) is 27.1. The van der Waals surface area contributed by atoms with Gasteiger partial charge in [-0.25, -0.2) is 0 Å². The minimum absolute atomic E-state index is 0.00386. The molecule has 0 unspecified atom stereocenters. The zero-order valence-corrected chi connectivity index (χ0v) is 12.2. The van der Waals surface area contributed by atoms with Crippen molar-refractivity contribution in [1.82, 2.24) is 9.80 Å². The van der Waals surface area contributed by atoms with Crippen molar-refractivity contribution >= 4 is 17.5 Å². The Labute approximate surface area is 124 Å². The molecule has 2 rings (SSSR count). The average Bonchev–Trinajstić information content (AvgIpc) is 3.00. The van der Waals surface area contributed by atoms with E-state index in [4.69, 9.17) is 10.5 Å². The summed E-state index contributed by atoms with van der Waals surface area (Å²) in [6.07, 6.45) is 2.09. The summed E-state index contributed by atoms with van der Waals surface area (Å²) in [5, 5.41) is 0. The first-order valence-corrected chi connectivity index (χ1v) is 7.06. The number of nitrogens with zero attached hydrogens (tertiary/aromatic N) is 2. The van der Waals surface area contributed by atoms with Crippen LogP contribution in [0.5, 0.6) is 5.75 Å². The van der Waals surface area contributed by atoms with E-state index in [0.29, 0.717) is 11.4 Å². The molecule has 0 spiro atoms. The molecule has 0 bridgehead atoms. The Bertz CT molecular complexity index is 495. The highest BCUT2D eigenvalue weighted by molar-refractivity contribution is 5.85. The van der Waals surface area contributed by atoms with Crippen LogP contribution < -0.4 is 10.5 Å². The molecule has 0 saturated carbocycles. The summed E-state index contributed by atoms with van der Waals surface area (Å²) < 4.78 is 5.38. The number of hydrogen-bond donors (Lipinski definition) is 1. The van der Waals surface area contributed by atoms with Crippen LogP contribution in [0.2, 0.25) is 0 Å². The Kier molecular flexibility index (Phi) is 5.03. The van der Waals surface area contributed by atoms with Gasteiger partial charge in [-0.1, -0.05) is 0 Å². The van der Waals surface area contributed by atoms with Crippen molar-refractivity contribution in [3.8, 4) is 5.75 Å². The van der Waals surface area contributed by atoms with Crippen molar-refractivity contribution in [2.75, 3.05) is 39.0 Å². The van der Waals surface area contributed by atoms with E-state index in [0.717, 1.165) is 25.9 Å². The van der Waals surface area contributed by atoms with E-state index in [2.05, 4.69) is 0 Å². The van der Waals surface area contributed by atoms with Crippen molar-refractivity contribution in [2.24, 2.45) is 0 Å². The molecule has 0 radical (unpaired) electrons. The zero-order chi connectivity index (χ0) is 15.2. The number of nitrogens with two attached hydrogens (primary N) is 1.